The highest BCUT2D eigenvalue weighted by molar-refractivity contribution is 9.10. The van der Waals surface area contributed by atoms with Crippen molar-refractivity contribution in [2.24, 2.45) is 0 Å². The number of nitrogens with zero attached hydrogens (tertiary/aromatic N) is 2. The molecule has 0 saturated carbocycles. The number of nitrogens with one attached hydrogen (secondary N) is 1. The molecule has 116 valence electrons. The molecule has 21 heavy (non-hydrogen) atoms. The van der Waals surface area contributed by atoms with Gasteiger partial charge in [-0.2, -0.15) is 0 Å². The lowest BCUT2D eigenvalue weighted by Crippen LogP contribution is -2.55. The normalized spacial score (nSPS) is 23.2. The first-order chi connectivity index (χ1) is 10.0. The first-order valence-corrected chi connectivity index (χ1v) is 8.24. The number of rotatable bonds is 5. The van der Waals surface area contributed by atoms with E-state index in [0.29, 0.717) is 12.1 Å². The number of piperazine rings is 1. The second kappa shape index (κ2) is 7.33. The molecule has 1 heterocycles. The van der Waals surface area contributed by atoms with Crippen molar-refractivity contribution in [3.8, 4) is 0 Å². The zero-order valence-electron chi connectivity index (χ0n) is 12.5. The number of nitro benzene ring substituents is 1. The summed E-state index contributed by atoms with van der Waals surface area (Å²) in [7, 11) is 0. The molecular formula is C15H22BrN3O2. The Morgan fingerprint density at radius 2 is 2.14 bits per heavy atom. The molecule has 1 aromatic carbocycles. The maximum Gasteiger partial charge on any atom is 0.270 e. The van der Waals surface area contributed by atoms with Crippen LogP contribution < -0.4 is 5.32 Å². The van der Waals surface area contributed by atoms with Gasteiger partial charge in [-0.15, -0.1) is 0 Å². The molecular weight excluding hydrogens is 334 g/mol. The third kappa shape index (κ3) is 4.25. The van der Waals surface area contributed by atoms with Gasteiger partial charge in [-0.1, -0.05) is 29.8 Å². The van der Waals surface area contributed by atoms with Gasteiger partial charge in [0.25, 0.3) is 5.69 Å². The predicted molar refractivity (Wildman–Crippen MR) is 87.4 cm³/mol. The Bertz CT molecular complexity index is 510. The predicted octanol–water partition coefficient (Wildman–Crippen LogP) is 3.32. The minimum atomic E-state index is -0.335. The molecule has 1 aromatic rings. The van der Waals surface area contributed by atoms with Crippen molar-refractivity contribution < 1.29 is 4.92 Å². The van der Waals surface area contributed by atoms with Crippen molar-refractivity contribution in [2.45, 2.75) is 45.3 Å². The van der Waals surface area contributed by atoms with Gasteiger partial charge >= 0.3 is 0 Å². The number of hydrogen-bond acceptors (Lipinski definition) is 4. The van der Waals surface area contributed by atoms with Gasteiger partial charge in [-0.05, 0) is 24.5 Å². The van der Waals surface area contributed by atoms with E-state index >= 15 is 0 Å². The SMILES string of the molecule is CCC1CN(Cc2cc(Br)cc([N+](=O)[O-])c2)C(CC)CN1. The number of non-ortho nitro benzene ring substituents is 1. The van der Waals surface area contributed by atoms with Crippen LogP contribution in [0.2, 0.25) is 0 Å². The minimum absolute atomic E-state index is 0.148. The Labute approximate surface area is 134 Å². The van der Waals surface area contributed by atoms with E-state index < -0.39 is 0 Å². The van der Waals surface area contributed by atoms with Crippen molar-refractivity contribution in [2.75, 3.05) is 13.1 Å². The van der Waals surface area contributed by atoms with Crippen LogP contribution in [0.4, 0.5) is 5.69 Å². The molecule has 0 bridgehead atoms. The molecule has 0 spiro atoms. The first-order valence-electron chi connectivity index (χ1n) is 7.44. The highest BCUT2D eigenvalue weighted by Gasteiger charge is 2.26. The average Bonchev–Trinajstić information content (AvgIpc) is 2.46. The van der Waals surface area contributed by atoms with E-state index in [1.54, 1.807) is 12.1 Å². The quantitative estimate of drug-likeness (QED) is 0.650. The van der Waals surface area contributed by atoms with Crippen molar-refractivity contribution >= 4 is 21.6 Å². The minimum Gasteiger partial charge on any atom is -0.311 e. The fourth-order valence-electron chi connectivity index (χ4n) is 2.86. The molecule has 5 nitrogen and oxygen atoms in total. The molecule has 1 N–H and O–H groups in total. The Morgan fingerprint density at radius 1 is 1.38 bits per heavy atom. The molecule has 0 aliphatic carbocycles. The van der Waals surface area contributed by atoms with Crippen LogP contribution in [0, 0.1) is 10.1 Å². The van der Waals surface area contributed by atoms with Crippen LogP contribution in [-0.4, -0.2) is 35.0 Å². The maximum atomic E-state index is 11.0. The van der Waals surface area contributed by atoms with Crippen molar-refractivity contribution in [1.82, 2.24) is 10.2 Å². The lowest BCUT2D eigenvalue weighted by molar-refractivity contribution is -0.385. The van der Waals surface area contributed by atoms with Crippen LogP contribution >= 0.6 is 15.9 Å². The fraction of sp³-hybridized carbons (Fsp3) is 0.600. The second-order valence-electron chi connectivity index (χ2n) is 5.58. The highest BCUT2D eigenvalue weighted by atomic mass is 79.9. The van der Waals surface area contributed by atoms with E-state index in [1.165, 1.54) is 0 Å². The van der Waals surface area contributed by atoms with Gasteiger partial charge in [-0.3, -0.25) is 15.0 Å². The Balaban J connectivity index is 2.16. The molecule has 1 aliphatic rings. The summed E-state index contributed by atoms with van der Waals surface area (Å²) in [5.41, 5.74) is 1.14. The number of benzene rings is 1. The lowest BCUT2D eigenvalue weighted by atomic mass is 10.0. The molecule has 0 amide bonds. The van der Waals surface area contributed by atoms with Gasteiger partial charge in [-0.25, -0.2) is 0 Å². The van der Waals surface area contributed by atoms with Gasteiger partial charge in [0.15, 0.2) is 0 Å². The lowest BCUT2D eigenvalue weighted by Gasteiger charge is -2.40. The molecule has 0 radical (unpaired) electrons. The number of hydrogen-bond donors (Lipinski definition) is 1. The summed E-state index contributed by atoms with van der Waals surface area (Å²) in [6, 6.07) is 6.21. The van der Waals surface area contributed by atoms with Crippen molar-refractivity contribution in [3.05, 3.63) is 38.3 Å². The summed E-state index contributed by atoms with van der Waals surface area (Å²) in [5, 5.41) is 14.5. The summed E-state index contributed by atoms with van der Waals surface area (Å²) in [6.07, 6.45) is 2.19. The van der Waals surface area contributed by atoms with Gasteiger partial charge < -0.3 is 5.32 Å². The largest absolute Gasteiger partial charge is 0.311 e. The molecule has 6 heteroatoms. The van der Waals surface area contributed by atoms with Crippen LogP contribution in [0.5, 0.6) is 0 Å². The van der Waals surface area contributed by atoms with Gasteiger partial charge in [0.05, 0.1) is 4.92 Å². The van der Waals surface area contributed by atoms with E-state index in [9.17, 15) is 10.1 Å². The van der Waals surface area contributed by atoms with Gasteiger partial charge in [0.2, 0.25) is 0 Å². The summed E-state index contributed by atoms with van der Waals surface area (Å²) in [6.45, 7) is 7.12. The Hall–Kier alpha value is -0.980. The Kier molecular flexibility index (Phi) is 5.72. The van der Waals surface area contributed by atoms with Crippen molar-refractivity contribution in [3.63, 3.8) is 0 Å². The number of halogens is 1. The van der Waals surface area contributed by atoms with Crippen LogP contribution in [0.1, 0.15) is 32.3 Å². The summed E-state index contributed by atoms with van der Waals surface area (Å²) >= 11 is 3.37. The third-order valence-electron chi connectivity index (χ3n) is 4.12. The summed E-state index contributed by atoms with van der Waals surface area (Å²) < 4.78 is 0.766. The van der Waals surface area contributed by atoms with E-state index in [4.69, 9.17) is 0 Å². The fourth-order valence-corrected chi connectivity index (χ4v) is 3.39. The molecule has 1 fully saturated rings. The summed E-state index contributed by atoms with van der Waals surface area (Å²) in [4.78, 5) is 13.1. The molecule has 2 atom stereocenters. The molecule has 2 rings (SSSR count). The molecule has 1 aliphatic heterocycles. The third-order valence-corrected chi connectivity index (χ3v) is 4.57. The van der Waals surface area contributed by atoms with Gasteiger partial charge in [0, 0.05) is 48.3 Å². The standard InChI is InChI=1S/C15H22BrN3O2/c1-3-13-10-18(14(4-2)8-17-13)9-11-5-12(16)7-15(6-11)19(20)21/h5-7,13-14,17H,3-4,8-10H2,1-2H3. The van der Waals surface area contributed by atoms with Crippen LogP contribution in [0.25, 0.3) is 0 Å². The van der Waals surface area contributed by atoms with E-state index in [1.807, 2.05) is 6.07 Å². The zero-order valence-corrected chi connectivity index (χ0v) is 14.1. The Morgan fingerprint density at radius 3 is 2.76 bits per heavy atom. The molecule has 0 aromatic heterocycles. The van der Waals surface area contributed by atoms with Crippen molar-refractivity contribution in [1.29, 1.82) is 0 Å². The maximum absolute atomic E-state index is 11.0. The zero-order chi connectivity index (χ0) is 15.4. The monoisotopic (exact) mass is 355 g/mol. The molecule has 2 unspecified atom stereocenters. The second-order valence-corrected chi connectivity index (χ2v) is 6.50. The highest BCUT2D eigenvalue weighted by Crippen LogP contribution is 2.24. The number of nitro groups is 1. The van der Waals surface area contributed by atoms with E-state index in [0.717, 1.165) is 42.5 Å². The van der Waals surface area contributed by atoms with Crippen LogP contribution in [-0.2, 0) is 6.54 Å². The van der Waals surface area contributed by atoms with Gasteiger partial charge in [0.1, 0.15) is 0 Å². The topological polar surface area (TPSA) is 58.4 Å². The van der Waals surface area contributed by atoms with E-state index in [-0.39, 0.29) is 10.6 Å². The summed E-state index contributed by atoms with van der Waals surface area (Å²) in [5.74, 6) is 0. The first kappa shape index (κ1) is 16.4. The van der Waals surface area contributed by atoms with Crippen LogP contribution in [0.15, 0.2) is 22.7 Å². The van der Waals surface area contributed by atoms with Crippen LogP contribution in [0.3, 0.4) is 0 Å². The average molecular weight is 356 g/mol. The smallest absolute Gasteiger partial charge is 0.270 e. The molecule has 1 saturated heterocycles. The van der Waals surface area contributed by atoms with E-state index in [2.05, 4.69) is 40.0 Å².